The van der Waals surface area contributed by atoms with E-state index in [1.54, 1.807) is 18.2 Å². The normalized spacial score (nSPS) is 31.2. The topological polar surface area (TPSA) is 78.5 Å². The van der Waals surface area contributed by atoms with Crippen LogP contribution in [0.1, 0.15) is 25.7 Å². The van der Waals surface area contributed by atoms with Gasteiger partial charge >= 0.3 is 0 Å². The first kappa shape index (κ1) is 15.9. The van der Waals surface area contributed by atoms with Gasteiger partial charge in [-0.3, -0.25) is 9.10 Å². The van der Waals surface area contributed by atoms with Crippen molar-refractivity contribution < 1.29 is 13.2 Å². The number of amides is 1. The van der Waals surface area contributed by atoms with Gasteiger partial charge in [-0.25, -0.2) is 8.42 Å². The molecular formula is C17H23N3O3S. The molecule has 2 atom stereocenters. The Bertz CT molecular complexity index is 752. The standard InChI is InChI=1S/C17H23N3O3S/c21-16(17-7-2-4-13(17)11-18-12-17)19-14-5-1-6-15(10-14)20-8-3-9-24(20,22)23/h1,5-6,10,13,18H,2-4,7-9,11-12H2,(H,19,21)/t13-,17-/m1/s1. The van der Waals surface area contributed by atoms with Gasteiger partial charge in [0.05, 0.1) is 16.9 Å². The summed E-state index contributed by atoms with van der Waals surface area (Å²) in [5, 5.41) is 6.39. The van der Waals surface area contributed by atoms with Gasteiger partial charge < -0.3 is 10.6 Å². The Labute approximate surface area is 142 Å². The Balaban J connectivity index is 1.55. The third-order valence-corrected chi connectivity index (χ3v) is 7.60. The van der Waals surface area contributed by atoms with Gasteiger partial charge in [0, 0.05) is 18.8 Å². The fourth-order valence-electron chi connectivity index (χ4n) is 4.45. The van der Waals surface area contributed by atoms with Crippen molar-refractivity contribution in [3.05, 3.63) is 24.3 Å². The van der Waals surface area contributed by atoms with Gasteiger partial charge in [0.2, 0.25) is 15.9 Å². The fraction of sp³-hybridized carbons (Fsp3) is 0.588. The highest BCUT2D eigenvalue weighted by Gasteiger charge is 2.51. The quantitative estimate of drug-likeness (QED) is 0.868. The van der Waals surface area contributed by atoms with Crippen LogP contribution in [0.15, 0.2) is 24.3 Å². The smallest absolute Gasteiger partial charge is 0.235 e. The highest BCUT2D eigenvalue weighted by atomic mass is 32.2. The van der Waals surface area contributed by atoms with E-state index < -0.39 is 10.0 Å². The van der Waals surface area contributed by atoms with Crippen LogP contribution >= 0.6 is 0 Å². The Morgan fingerprint density at radius 2 is 2.21 bits per heavy atom. The number of carbonyl (C=O) groups is 1. The number of sulfonamides is 1. The second-order valence-electron chi connectivity index (χ2n) is 7.12. The monoisotopic (exact) mass is 349 g/mol. The van der Waals surface area contributed by atoms with Crippen LogP contribution in [0.2, 0.25) is 0 Å². The van der Waals surface area contributed by atoms with E-state index in [-0.39, 0.29) is 17.1 Å². The first-order valence-electron chi connectivity index (χ1n) is 8.64. The van der Waals surface area contributed by atoms with Gasteiger partial charge in [-0.2, -0.15) is 0 Å². The molecule has 2 N–H and O–H groups in total. The van der Waals surface area contributed by atoms with Gasteiger partial charge in [-0.1, -0.05) is 12.5 Å². The number of benzene rings is 1. The largest absolute Gasteiger partial charge is 0.325 e. The molecule has 1 aromatic carbocycles. The van der Waals surface area contributed by atoms with Gasteiger partial charge in [-0.05, 0) is 49.9 Å². The van der Waals surface area contributed by atoms with Gasteiger partial charge in [-0.15, -0.1) is 0 Å². The lowest BCUT2D eigenvalue weighted by Crippen LogP contribution is -2.39. The second-order valence-corrected chi connectivity index (χ2v) is 9.14. The van der Waals surface area contributed by atoms with E-state index in [1.165, 1.54) is 4.31 Å². The lowest BCUT2D eigenvalue weighted by Gasteiger charge is -2.27. The van der Waals surface area contributed by atoms with E-state index in [2.05, 4.69) is 10.6 Å². The molecule has 3 aliphatic rings. The zero-order chi connectivity index (χ0) is 16.8. The molecule has 1 aromatic rings. The van der Waals surface area contributed by atoms with Crippen LogP contribution in [0.3, 0.4) is 0 Å². The molecule has 0 spiro atoms. The molecule has 0 bridgehead atoms. The van der Waals surface area contributed by atoms with E-state index in [9.17, 15) is 13.2 Å². The molecule has 2 aliphatic heterocycles. The summed E-state index contributed by atoms with van der Waals surface area (Å²) in [6.07, 6.45) is 3.78. The molecular weight excluding hydrogens is 326 g/mol. The SMILES string of the molecule is O=C(Nc1cccc(N2CCCS2(=O)=O)c1)[C@@]12CCC[C@@H]1CNC2. The molecule has 7 heteroatoms. The van der Waals surface area contributed by atoms with Crippen LogP contribution in [-0.2, 0) is 14.8 Å². The summed E-state index contributed by atoms with van der Waals surface area (Å²) < 4.78 is 25.6. The molecule has 0 aromatic heterocycles. The number of hydrogen-bond acceptors (Lipinski definition) is 4. The molecule has 3 fully saturated rings. The summed E-state index contributed by atoms with van der Waals surface area (Å²) in [5.74, 6) is 0.677. The molecule has 130 valence electrons. The van der Waals surface area contributed by atoms with Crippen LogP contribution in [0.4, 0.5) is 11.4 Å². The van der Waals surface area contributed by atoms with Gasteiger partial charge in [0.15, 0.2) is 0 Å². The summed E-state index contributed by atoms with van der Waals surface area (Å²) in [7, 11) is -3.21. The van der Waals surface area contributed by atoms with E-state index in [0.717, 1.165) is 32.4 Å². The Morgan fingerprint density at radius 3 is 3.00 bits per heavy atom. The third kappa shape index (κ3) is 2.50. The maximum absolute atomic E-state index is 12.9. The molecule has 6 nitrogen and oxygen atoms in total. The Hall–Kier alpha value is -1.60. The highest BCUT2D eigenvalue weighted by Crippen LogP contribution is 2.46. The third-order valence-electron chi connectivity index (χ3n) is 5.73. The zero-order valence-electron chi connectivity index (χ0n) is 13.6. The van der Waals surface area contributed by atoms with Crippen molar-refractivity contribution in [3.8, 4) is 0 Å². The summed E-state index contributed by atoms with van der Waals surface area (Å²) in [5.41, 5.74) is 1.01. The molecule has 1 aliphatic carbocycles. The number of anilines is 2. The summed E-state index contributed by atoms with van der Waals surface area (Å²) in [6.45, 7) is 2.17. The maximum Gasteiger partial charge on any atom is 0.235 e. The van der Waals surface area contributed by atoms with Crippen LogP contribution in [-0.4, -0.2) is 39.7 Å². The number of nitrogens with zero attached hydrogens (tertiary/aromatic N) is 1. The first-order chi connectivity index (χ1) is 11.5. The number of carbonyl (C=O) groups excluding carboxylic acids is 1. The van der Waals surface area contributed by atoms with E-state index in [0.29, 0.717) is 30.3 Å². The molecule has 4 rings (SSSR count). The van der Waals surface area contributed by atoms with E-state index in [1.807, 2.05) is 6.07 Å². The lowest BCUT2D eigenvalue weighted by molar-refractivity contribution is -0.125. The van der Waals surface area contributed by atoms with Crippen molar-refractivity contribution in [2.75, 3.05) is 35.0 Å². The predicted molar refractivity (Wildman–Crippen MR) is 93.5 cm³/mol. The minimum atomic E-state index is -3.21. The number of rotatable bonds is 3. The van der Waals surface area contributed by atoms with Crippen molar-refractivity contribution in [1.82, 2.24) is 5.32 Å². The first-order valence-corrected chi connectivity index (χ1v) is 10.2. The van der Waals surface area contributed by atoms with Gasteiger partial charge in [0.1, 0.15) is 0 Å². The fourth-order valence-corrected chi connectivity index (χ4v) is 6.00. The van der Waals surface area contributed by atoms with Crippen LogP contribution in [0, 0.1) is 11.3 Å². The summed E-state index contributed by atoms with van der Waals surface area (Å²) >= 11 is 0. The number of nitrogens with one attached hydrogen (secondary N) is 2. The van der Waals surface area contributed by atoms with Crippen LogP contribution in [0.5, 0.6) is 0 Å². The number of hydrogen-bond donors (Lipinski definition) is 2. The molecule has 2 heterocycles. The molecule has 0 unspecified atom stereocenters. The summed E-state index contributed by atoms with van der Waals surface area (Å²) in [6, 6.07) is 7.18. The van der Waals surface area contributed by atoms with Gasteiger partial charge in [0.25, 0.3) is 0 Å². The minimum Gasteiger partial charge on any atom is -0.325 e. The Kier molecular flexibility index (Phi) is 3.80. The molecule has 2 saturated heterocycles. The van der Waals surface area contributed by atoms with Crippen molar-refractivity contribution in [3.63, 3.8) is 0 Å². The van der Waals surface area contributed by atoms with Crippen molar-refractivity contribution in [1.29, 1.82) is 0 Å². The average molecular weight is 349 g/mol. The second kappa shape index (κ2) is 5.74. The maximum atomic E-state index is 12.9. The van der Waals surface area contributed by atoms with Crippen LogP contribution in [0.25, 0.3) is 0 Å². The highest BCUT2D eigenvalue weighted by molar-refractivity contribution is 7.93. The Morgan fingerprint density at radius 1 is 1.33 bits per heavy atom. The zero-order valence-corrected chi connectivity index (χ0v) is 14.4. The van der Waals surface area contributed by atoms with E-state index in [4.69, 9.17) is 0 Å². The predicted octanol–water partition coefficient (Wildman–Crippen LogP) is 1.55. The van der Waals surface area contributed by atoms with Crippen LogP contribution < -0.4 is 14.9 Å². The minimum absolute atomic E-state index is 0.0661. The molecule has 24 heavy (non-hydrogen) atoms. The summed E-state index contributed by atoms with van der Waals surface area (Å²) in [4.78, 5) is 12.9. The van der Waals surface area contributed by atoms with E-state index >= 15 is 0 Å². The lowest BCUT2D eigenvalue weighted by atomic mass is 9.80. The number of fused-ring (bicyclic) bond motifs is 1. The molecule has 1 saturated carbocycles. The molecule has 0 radical (unpaired) electrons. The average Bonchev–Trinajstić information content (AvgIpc) is 3.20. The van der Waals surface area contributed by atoms with Crippen molar-refractivity contribution in [2.45, 2.75) is 25.7 Å². The molecule has 1 amide bonds. The van der Waals surface area contributed by atoms with Crippen molar-refractivity contribution in [2.24, 2.45) is 11.3 Å². The van der Waals surface area contributed by atoms with Crippen molar-refractivity contribution >= 4 is 27.3 Å².